The van der Waals surface area contributed by atoms with E-state index in [1.54, 1.807) is 0 Å². The summed E-state index contributed by atoms with van der Waals surface area (Å²) in [6.07, 6.45) is -0.387. The molecule has 2 aromatic carbocycles. The number of hydrogen-bond donors (Lipinski definition) is 0. The fraction of sp³-hybridized carbons (Fsp3) is 0.333. The van der Waals surface area contributed by atoms with Gasteiger partial charge in [0.1, 0.15) is 11.6 Å². The van der Waals surface area contributed by atoms with Gasteiger partial charge in [0.15, 0.2) is 0 Å². The third kappa shape index (κ3) is 3.86. The lowest BCUT2D eigenvalue weighted by Crippen LogP contribution is -2.23. The van der Waals surface area contributed by atoms with E-state index in [4.69, 9.17) is 4.74 Å². The Labute approximate surface area is 155 Å². The van der Waals surface area contributed by atoms with Crippen LogP contribution in [0.4, 0.5) is 22.0 Å². The number of rotatable bonds is 7. The molecule has 26 heavy (non-hydrogen) atoms. The zero-order valence-corrected chi connectivity index (χ0v) is 14.9. The average molecular weight is 437 g/mol. The summed E-state index contributed by atoms with van der Waals surface area (Å²) in [5.74, 6) is -3.47. The Morgan fingerprint density at radius 1 is 1.08 bits per heavy atom. The Morgan fingerprint density at radius 3 is 2.27 bits per heavy atom. The van der Waals surface area contributed by atoms with Crippen molar-refractivity contribution in [3.63, 3.8) is 0 Å². The normalized spacial score (nSPS) is 21.0. The summed E-state index contributed by atoms with van der Waals surface area (Å²) < 4.78 is 75.5. The first-order valence-corrected chi connectivity index (χ1v) is 8.48. The molecule has 1 saturated carbocycles. The van der Waals surface area contributed by atoms with Crippen LogP contribution in [0.2, 0.25) is 0 Å². The first kappa shape index (κ1) is 19.1. The monoisotopic (exact) mass is 436 g/mol. The predicted octanol–water partition coefficient (Wildman–Crippen LogP) is 5.68. The molecule has 1 aliphatic rings. The van der Waals surface area contributed by atoms with Gasteiger partial charge in [0.25, 0.3) is 5.92 Å². The summed E-state index contributed by atoms with van der Waals surface area (Å²) in [6, 6.07) is 9.43. The van der Waals surface area contributed by atoms with Crippen LogP contribution in [0.15, 0.2) is 46.9 Å². The van der Waals surface area contributed by atoms with Gasteiger partial charge in [-0.2, -0.15) is 8.78 Å². The van der Waals surface area contributed by atoms with Crippen LogP contribution >= 0.6 is 15.9 Å². The Kier molecular flexibility index (Phi) is 5.25. The molecule has 0 heterocycles. The second-order valence-electron chi connectivity index (χ2n) is 6.11. The second kappa shape index (κ2) is 7.15. The van der Waals surface area contributed by atoms with E-state index < -0.39 is 23.8 Å². The average Bonchev–Trinajstić information content (AvgIpc) is 3.13. The smallest absolute Gasteiger partial charge is 0.387 e. The molecule has 8 heteroatoms. The van der Waals surface area contributed by atoms with Gasteiger partial charge in [-0.25, -0.2) is 13.2 Å². The summed E-state index contributed by atoms with van der Waals surface area (Å²) in [5.41, 5.74) is -0.560. The minimum Gasteiger partial charge on any atom is -0.435 e. The van der Waals surface area contributed by atoms with Crippen molar-refractivity contribution < 1.29 is 31.4 Å². The van der Waals surface area contributed by atoms with Crippen molar-refractivity contribution in [2.24, 2.45) is 0 Å². The Balaban J connectivity index is 1.68. The van der Waals surface area contributed by atoms with Crippen molar-refractivity contribution in [2.75, 3.05) is 6.61 Å². The van der Waals surface area contributed by atoms with Gasteiger partial charge in [-0.3, -0.25) is 0 Å². The summed E-state index contributed by atoms with van der Waals surface area (Å²) in [7, 11) is 0. The quantitative estimate of drug-likeness (QED) is 0.519. The molecule has 0 aliphatic heterocycles. The summed E-state index contributed by atoms with van der Waals surface area (Å²) in [6.45, 7) is -3.18. The first-order valence-electron chi connectivity index (χ1n) is 7.68. The van der Waals surface area contributed by atoms with E-state index in [-0.39, 0.29) is 29.9 Å². The Morgan fingerprint density at radius 2 is 1.73 bits per heavy atom. The van der Waals surface area contributed by atoms with E-state index in [9.17, 15) is 22.0 Å². The fourth-order valence-corrected chi connectivity index (χ4v) is 3.24. The van der Waals surface area contributed by atoms with Crippen molar-refractivity contribution in [1.82, 2.24) is 0 Å². The molecule has 2 nitrogen and oxygen atoms in total. The van der Waals surface area contributed by atoms with Crippen molar-refractivity contribution in [2.45, 2.75) is 31.0 Å². The molecule has 0 N–H and O–H groups in total. The van der Waals surface area contributed by atoms with Crippen LogP contribution < -0.4 is 4.74 Å². The highest BCUT2D eigenvalue weighted by molar-refractivity contribution is 9.10. The molecule has 0 bridgehead atoms. The Hall–Kier alpha value is -1.67. The summed E-state index contributed by atoms with van der Waals surface area (Å²) in [5, 5.41) is 0. The maximum absolute atomic E-state index is 14.0. The highest BCUT2D eigenvalue weighted by Crippen LogP contribution is 2.61. The molecule has 1 unspecified atom stereocenters. The van der Waals surface area contributed by atoms with Crippen LogP contribution in [0.1, 0.15) is 17.5 Å². The maximum Gasteiger partial charge on any atom is 0.387 e. The van der Waals surface area contributed by atoms with Gasteiger partial charge >= 0.3 is 6.61 Å². The van der Waals surface area contributed by atoms with Crippen LogP contribution in [-0.4, -0.2) is 19.1 Å². The van der Waals surface area contributed by atoms with Crippen LogP contribution in [0.3, 0.4) is 0 Å². The van der Waals surface area contributed by atoms with E-state index >= 15 is 0 Å². The molecule has 1 aliphatic carbocycles. The number of halogens is 6. The molecule has 0 aromatic heterocycles. The third-order valence-corrected chi connectivity index (χ3v) is 4.94. The van der Waals surface area contributed by atoms with Crippen LogP contribution in [0.5, 0.6) is 5.75 Å². The zero-order valence-electron chi connectivity index (χ0n) is 13.3. The van der Waals surface area contributed by atoms with E-state index in [2.05, 4.69) is 20.7 Å². The van der Waals surface area contributed by atoms with Crippen LogP contribution in [0, 0.1) is 5.82 Å². The SMILES string of the molecule is Fc1ccc(COCC2(c3ccc(OC(F)F)cc3)CC2(F)F)cc1Br. The van der Waals surface area contributed by atoms with E-state index in [1.165, 1.54) is 42.5 Å². The largest absolute Gasteiger partial charge is 0.435 e. The molecule has 1 fully saturated rings. The summed E-state index contributed by atoms with van der Waals surface area (Å²) >= 11 is 3.05. The summed E-state index contributed by atoms with van der Waals surface area (Å²) in [4.78, 5) is 0. The van der Waals surface area contributed by atoms with Crippen molar-refractivity contribution in [1.29, 1.82) is 0 Å². The molecule has 0 amide bonds. The first-order chi connectivity index (χ1) is 12.2. The molecular formula is C18H14BrF5O2. The van der Waals surface area contributed by atoms with Crippen molar-refractivity contribution in [3.05, 3.63) is 63.9 Å². The lowest BCUT2D eigenvalue weighted by Gasteiger charge is -2.18. The molecule has 0 saturated heterocycles. The van der Waals surface area contributed by atoms with Gasteiger partial charge < -0.3 is 9.47 Å². The molecule has 1 atom stereocenters. The predicted molar refractivity (Wildman–Crippen MR) is 88.1 cm³/mol. The van der Waals surface area contributed by atoms with E-state index in [0.29, 0.717) is 11.1 Å². The lowest BCUT2D eigenvalue weighted by molar-refractivity contribution is -0.0499. The van der Waals surface area contributed by atoms with Crippen molar-refractivity contribution in [3.8, 4) is 5.75 Å². The molecule has 0 spiro atoms. The molecule has 3 rings (SSSR count). The van der Waals surface area contributed by atoms with Gasteiger partial charge in [-0.1, -0.05) is 18.2 Å². The second-order valence-corrected chi connectivity index (χ2v) is 6.96. The molecule has 140 valence electrons. The topological polar surface area (TPSA) is 18.5 Å². The maximum atomic E-state index is 14.0. The highest BCUT2D eigenvalue weighted by atomic mass is 79.9. The molecule has 0 radical (unpaired) electrons. The minimum atomic E-state index is -2.98. The third-order valence-electron chi connectivity index (χ3n) is 4.33. The van der Waals surface area contributed by atoms with Gasteiger partial charge in [-0.05, 0) is 51.3 Å². The number of alkyl halides is 4. The van der Waals surface area contributed by atoms with Crippen LogP contribution in [0.25, 0.3) is 0 Å². The highest BCUT2D eigenvalue weighted by Gasteiger charge is 2.72. The van der Waals surface area contributed by atoms with E-state index in [1.807, 2.05) is 0 Å². The molecular weight excluding hydrogens is 423 g/mol. The lowest BCUT2D eigenvalue weighted by atomic mass is 9.96. The van der Waals surface area contributed by atoms with Gasteiger partial charge in [-0.15, -0.1) is 0 Å². The van der Waals surface area contributed by atoms with E-state index in [0.717, 1.165) is 0 Å². The molecule has 2 aromatic rings. The van der Waals surface area contributed by atoms with Gasteiger partial charge in [0, 0.05) is 6.42 Å². The Bertz CT molecular complexity index is 782. The zero-order chi connectivity index (χ0) is 18.9. The van der Waals surface area contributed by atoms with Gasteiger partial charge in [0.2, 0.25) is 0 Å². The number of benzene rings is 2. The number of hydrogen-bond acceptors (Lipinski definition) is 2. The van der Waals surface area contributed by atoms with Crippen molar-refractivity contribution >= 4 is 15.9 Å². The fourth-order valence-electron chi connectivity index (χ4n) is 2.82. The standard InChI is InChI=1S/C18H14BrF5O2/c19-14-7-11(1-6-15(14)20)8-25-10-17(9-18(17,23)24)12-2-4-13(5-3-12)26-16(21)22/h1-7,16H,8-10H2. The number of ether oxygens (including phenoxy) is 2. The van der Waals surface area contributed by atoms with Crippen LogP contribution in [-0.2, 0) is 16.8 Å². The van der Waals surface area contributed by atoms with Gasteiger partial charge in [0.05, 0.1) is 23.1 Å². The minimum absolute atomic E-state index is 0.0449.